The maximum absolute atomic E-state index is 9.68. The Hall–Kier alpha value is -2.00. The van der Waals surface area contributed by atoms with Crippen molar-refractivity contribution in [1.82, 2.24) is 0 Å². The summed E-state index contributed by atoms with van der Waals surface area (Å²) in [4.78, 5) is 0. The Balaban J connectivity index is 2.28. The standard InChI is InChI=1S/C15H16O3/c1-11(16)14-8-3-4-9-15(14)18-13-7-5-6-12(10-13)17-2/h3-11,16H,1-2H3. The van der Waals surface area contributed by atoms with Gasteiger partial charge in [0.25, 0.3) is 0 Å². The lowest BCUT2D eigenvalue weighted by molar-refractivity contribution is 0.195. The van der Waals surface area contributed by atoms with Crippen molar-refractivity contribution < 1.29 is 14.6 Å². The van der Waals surface area contributed by atoms with E-state index in [4.69, 9.17) is 9.47 Å². The number of methoxy groups -OCH3 is 1. The number of aliphatic hydroxyl groups is 1. The number of hydrogen-bond donors (Lipinski definition) is 1. The van der Waals surface area contributed by atoms with Crippen LogP contribution in [-0.2, 0) is 0 Å². The lowest BCUT2D eigenvalue weighted by Gasteiger charge is -2.13. The molecule has 0 saturated carbocycles. The van der Waals surface area contributed by atoms with Crippen LogP contribution in [0.2, 0.25) is 0 Å². The van der Waals surface area contributed by atoms with Crippen molar-refractivity contribution in [3.63, 3.8) is 0 Å². The van der Waals surface area contributed by atoms with Gasteiger partial charge in [0, 0.05) is 11.6 Å². The van der Waals surface area contributed by atoms with Crippen molar-refractivity contribution in [2.45, 2.75) is 13.0 Å². The van der Waals surface area contributed by atoms with Crippen molar-refractivity contribution in [2.24, 2.45) is 0 Å². The Labute approximate surface area is 107 Å². The van der Waals surface area contributed by atoms with Crippen LogP contribution >= 0.6 is 0 Å². The van der Waals surface area contributed by atoms with Gasteiger partial charge in [-0.3, -0.25) is 0 Å². The monoisotopic (exact) mass is 244 g/mol. The molecule has 1 unspecified atom stereocenters. The number of aliphatic hydroxyl groups excluding tert-OH is 1. The van der Waals surface area contributed by atoms with Gasteiger partial charge in [0.1, 0.15) is 17.2 Å². The molecular weight excluding hydrogens is 228 g/mol. The summed E-state index contributed by atoms with van der Waals surface area (Å²) >= 11 is 0. The molecule has 3 nitrogen and oxygen atoms in total. The minimum Gasteiger partial charge on any atom is -0.497 e. The molecule has 0 aliphatic rings. The van der Waals surface area contributed by atoms with E-state index in [1.165, 1.54) is 0 Å². The second kappa shape index (κ2) is 5.56. The Bertz CT molecular complexity index is 521. The van der Waals surface area contributed by atoms with E-state index in [1.807, 2.05) is 42.5 Å². The second-order valence-electron chi connectivity index (χ2n) is 3.99. The highest BCUT2D eigenvalue weighted by Crippen LogP contribution is 2.30. The van der Waals surface area contributed by atoms with E-state index in [-0.39, 0.29) is 0 Å². The average molecular weight is 244 g/mol. The fourth-order valence-corrected chi connectivity index (χ4v) is 1.71. The van der Waals surface area contributed by atoms with Gasteiger partial charge in [-0.05, 0) is 25.1 Å². The molecule has 0 fully saturated rings. The zero-order valence-corrected chi connectivity index (χ0v) is 10.5. The third-order valence-corrected chi connectivity index (χ3v) is 2.64. The number of hydrogen-bond acceptors (Lipinski definition) is 3. The van der Waals surface area contributed by atoms with Crippen molar-refractivity contribution >= 4 is 0 Å². The van der Waals surface area contributed by atoms with E-state index in [1.54, 1.807) is 20.1 Å². The third-order valence-electron chi connectivity index (χ3n) is 2.64. The topological polar surface area (TPSA) is 38.7 Å². The molecule has 0 bridgehead atoms. The molecule has 0 aromatic heterocycles. The predicted octanol–water partition coefficient (Wildman–Crippen LogP) is 3.54. The highest BCUT2D eigenvalue weighted by Gasteiger charge is 2.09. The van der Waals surface area contributed by atoms with E-state index in [9.17, 15) is 5.11 Å². The van der Waals surface area contributed by atoms with Gasteiger partial charge in [-0.2, -0.15) is 0 Å². The minimum absolute atomic E-state index is 0.563. The van der Waals surface area contributed by atoms with Gasteiger partial charge < -0.3 is 14.6 Å². The molecule has 0 spiro atoms. The van der Waals surface area contributed by atoms with Gasteiger partial charge in [0.2, 0.25) is 0 Å². The van der Waals surface area contributed by atoms with Crippen LogP contribution in [-0.4, -0.2) is 12.2 Å². The van der Waals surface area contributed by atoms with Gasteiger partial charge in [0.15, 0.2) is 0 Å². The smallest absolute Gasteiger partial charge is 0.133 e. The molecule has 0 saturated heterocycles. The number of ether oxygens (including phenoxy) is 2. The Morgan fingerprint density at radius 1 is 1.00 bits per heavy atom. The molecule has 0 amide bonds. The summed E-state index contributed by atoms with van der Waals surface area (Å²) in [6.45, 7) is 1.72. The molecule has 2 aromatic rings. The first-order valence-electron chi connectivity index (χ1n) is 5.79. The fourth-order valence-electron chi connectivity index (χ4n) is 1.71. The maximum Gasteiger partial charge on any atom is 0.133 e. The van der Waals surface area contributed by atoms with E-state index < -0.39 is 6.10 Å². The largest absolute Gasteiger partial charge is 0.497 e. The third kappa shape index (κ3) is 2.81. The van der Waals surface area contributed by atoms with Gasteiger partial charge in [-0.15, -0.1) is 0 Å². The van der Waals surface area contributed by atoms with E-state index >= 15 is 0 Å². The first kappa shape index (κ1) is 12.5. The normalized spacial score (nSPS) is 11.9. The lowest BCUT2D eigenvalue weighted by atomic mass is 10.1. The average Bonchev–Trinajstić information content (AvgIpc) is 2.39. The summed E-state index contributed by atoms with van der Waals surface area (Å²) in [7, 11) is 1.61. The summed E-state index contributed by atoms with van der Waals surface area (Å²) in [5, 5.41) is 9.68. The predicted molar refractivity (Wildman–Crippen MR) is 70.1 cm³/mol. The zero-order valence-electron chi connectivity index (χ0n) is 10.5. The van der Waals surface area contributed by atoms with Crippen LogP contribution in [0.3, 0.4) is 0 Å². The molecule has 94 valence electrons. The summed E-state index contributed by atoms with van der Waals surface area (Å²) in [5.41, 5.74) is 0.764. The molecule has 1 atom stereocenters. The molecule has 1 N–H and O–H groups in total. The van der Waals surface area contributed by atoms with Crippen LogP contribution in [0.1, 0.15) is 18.6 Å². The highest BCUT2D eigenvalue weighted by atomic mass is 16.5. The van der Waals surface area contributed by atoms with Crippen molar-refractivity contribution in [1.29, 1.82) is 0 Å². The maximum atomic E-state index is 9.68. The zero-order chi connectivity index (χ0) is 13.0. The van der Waals surface area contributed by atoms with Crippen LogP contribution in [0.5, 0.6) is 17.2 Å². The van der Waals surface area contributed by atoms with E-state index in [0.717, 1.165) is 11.3 Å². The first-order chi connectivity index (χ1) is 8.70. The van der Waals surface area contributed by atoms with Gasteiger partial charge >= 0.3 is 0 Å². The summed E-state index contributed by atoms with van der Waals surface area (Å²) in [6.07, 6.45) is -0.563. The molecule has 0 radical (unpaired) electrons. The van der Waals surface area contributed by atoms with Crippen molar-refractivity contribution in [3.05, 3.63) is 54.1 Å². The van der Waals surface area contributed by atoms with Crippen LogP contribution < -0.4 is 9.47 Å². The SMILES string of the molecule is COc1cccc(Oc2ccccc2C(C)O)c1. The number of rotatable bonds is 4. The molecule has 0 heterocycles. The molecule has 0 aliphatic carbocycles. The van der Waals surface area contributed by atoms with Crippen molar-refractivity contribution in [3.8, 4) is 17.2 Å². The summed E-state index contributed by atoms with van der Waals surface area (Å²) < 4.78 is 10.9. The number of benzene rings is 2. The van der Waals surface area contributed by atoms with E-state index in [2.05, 4.69) is 0 Å². The van der Waals surface area contributed by atoms with Crippen LogP contribution in [0.15, 0.2) is 48.5 Å². The molecule has 3 heteroatoms. The van der Waals surface area contributed by atoms with Crippen LogP contribution in [0, 0.1) is 0 Å². The Morgan fingerprint density at radius 3 is 2.44 bits per heavy atom. The first-order valence-corrected chi connectivity index (χ1v) is 5.79. The molecule has 18 heavy (non-hydrogen) atoms. The molecule has 2 aromatic carbocycles. The quantitative estimate of drug-likeness (QED) is 0.894. The fraction of sp³-hybridized carbons (Fsp3) is 0.200. The summed E-state index contributed by atoms with van der Waals surface area (Å²) in [6, 6.07) is 14.8. The molecular formula is C15H16O3. The Kier molecular flexibility index (Phi) is 3.85. The molecule has 0 aliphatic heterocycles. The minimum atomic E-state index is -0.563. The highest BCUT2D eigenvalue weighted by molar-refractivity contribution is 5.41. The Morgan fingerprint density at radius 2 is 1.72 bits per heavy atom. The summed E-state index contributed by atoms with van der Waals surface area (Å²) in [5.74, 6) is 2.07. The van der Waals surface area contributed by atoms with Gasteiger partial charge in [-0.25, -0.2) is 0 Å². The van der Waals surface area contributed by atoms with Crippen LogP contribution in [0.25, 0.3) is 0 Å². The molecule has 2 rings (SSSR count). The van der Waals surface area contributed by atoms with Gasteiger partial charge in [-0.1, -0.05) is 24.3 Å². The van der Waals surface area contributed by atoms with Crippen molar-refractivity contribution in [2.75, 3.05) is 7.11 Å². The van der Waals surface area contributed by atoms with Crippen LogP contribution in [0.4, 0.5) is 0 Å². The number of para-hydroxylation sites is 1. The van der Waals surface area contributed by atoms with Gasteiger partial charge in [0.05, 0.1) is 13.2 Å². The lowest BCUT2D eigenvalue weighted by Crippen LogP contribution is -1.95. The second-order valence-corrected chi connectivity index (χ2v) is 3.99. The van der Waals surface area contributed by atoms with E-state index in [0.29, 0.717) is 11.5 Å².